The van der Waals surface area contributed by atoms with Crippen LogP contribution in [0.4, 0.5) is 5.82 Å². The largest absolute Gasteiger partial charge is 0.524 e. The van der Waals surface area contributed by atoms with Crippen molar-refractivity contribution >= 4 is 36.6 Å². The molecule has 0 aromatic carbocycles. The number of carbonyl (C=O) groups is 2. The minimum atomic E-state index is -4.92. The van der Waals surface area contributed by atoms with E-state index in [9.17, 15) is 34.6 Å². The Morgan fingerprint density at radius 3 is 2.56 bits per heavy atom. The number of fused-ring (bicyclic) bond motifs is 1. The number of hydrogen-bond donors (Lipinski definition) is 9. The summed E-state index contributed by atoms with van der Waals surface area (Å²) >= 11 is 0. The highest BCUT2D eigenvalue weighted by molar-refractivity contribution is 7.46. The molecular weight excluding hydrogens is 721 g/mol. The smallest absolute Gasteiger partial charge is 0.465 e. The first-order chi connectivity index (χ1) is 24.8. The molecule has 0 saturated carbocycles. The number of nitrogens with two attached hydrogens (primary N) is 1. The van der Waals surface area contributed by atoms with Gasteiger partial charge < -0.3 is 69.7 Å². The van der Waals surface area contributed by atoms with Crippen molar-refractivity contribution in [2.75, 3.05) is 52.1 Å². The van der Waals surface area contributed by atoms with E-state index in [4.69, 9.17) is 43.9 Å². The third-order valence-electron chi connectivity index (χ3n) is 7.72. The molecule has 23 nitrogen and oxygen atoms in total. The van der Waals surface area contributed by atoms with E-state index >= 15 is 0 Å². The van der Waals surface area contributed by atoms with Crippen LogP contribution in [0.3, 0.4) is 0 Å². The van der Waals surface area contributed by atoms with Crippen LogP contribution in [0, 0.1) is 0 Å². The molecule has 0 aliphatic carbocycles. The number of ether oxygens (including phenoxy) is 6. The molecule has 2 fully saturated rings. The summed E-state index contributed by atoms with van der Waals surface area (Å²) in [5.74, 6) is -0.913. The quantitative estimate of drug-likeness (QED) is 0.0278. The van der Waals surface area contributed by atoms with Crippen LogP contribution in [0.5, 0.6) is 0 Å². The molecule has 4 heterocycles. The molecule has 2 aromatic heterocycles. The van der Waals surface area contributed by atoms with E-state index in [1.807, 2.05) is 0 Å². The second-order valence-corrected chi connectivity index (χ2v) is 12.7. The van der Waals surface area contributed by atoms with Crippen molar-refractivity contribution in [3.63, 3.8) is 0 Å². The molecule has 0 bridgehead atoms. The van der Waals surface area contributed by atoms with Gasteiger partial charge in [-0.25, -0.2) is 19.5 Å². The Labute approximate surface area is 296 Å². The topological polar surface area (TPSA) is 331 Å². The van der Waals surface area contributed by atoms with Crippen molar-refractivity contribution in [2.24, 2.45) is 0 Å². The Morgan fingerprint density at radius 1 is 1.06 bits per heavy atom. The zero-order valence-electron chi connectivity index (χ0n) is 28.0. The van der Waals surface area contributed by atoms with Crippen LogP contribution in [0.1, 0.15) is 32.4 Å². The zero-order chi connectivity index (χ0) is 37.8. The van der Waals surface area contributed by atoms with Crippen LogP contribution in [0.2, 0.25) is 0 Å². The number of nitrogen functional groups attached to an aromatic ring is 1. The number of amides is 2. The van der Waals surface area contributed by atoms with Crippen molar-refractivity contribution in [3.8, 4) is 0 Å². The van der Waals surface area contributed by atoms with Gasteiger partial charge in [-0.15, -0.1) is 0 Å². The summed E-state index contributed by atoms with van der Waals surface area (Å²) < 4.78 is 50.3. The van der Waals surface area contributed by atoms with Crippen LogP contribution in [-0.4, -0.2) is 151 Å². The van der Waals surface area contributed by atoms with Gasteiger partial charge in [-0.3, -0.25) is 23.9 Å². The van der Waals surface area contributed by atoms with E-state index in [1.165, 1.54) is 24.1 Å². The number of rotatable bonds is 20. The molecular formula is C28H44N7O16P. The molecule has 4 rings (SSSR count). The van der Waals surface area contributed by atoms with Gasteiger partial charge in [0.25, 0.3) is 0 Å². The molecule has 0 unspecified atom stereocenters. The summed E-state index contributed by atoms with van der Waals surface area (Å²) in [6, 6.07) is -1.04. The number of hydrogen-bond acceptors (Lipinski definition) is 18. The summed E-state index contributed by atoms with van der Waals surface area (Å²) in [7, 11) is -4.92. The monoisotopic (exact) mass is 765 g/mol. The number of nitrogens with zero attached hydrogens (tertiary/aromatic N) is 4. The van der Waals surface area contributed by atoms with Crippen LogP contribution in [0.25, 0.3) is 11.2 Å². The summed E-state index contributed by atoms with van der Waals surface area (Å²) in [6.45, 7) is 1.10. The molecule has 0 radical (unpaired) electrons. The van der Waals surface area contributed by atoms with Gasteiger partial charge in [-0.05, 0) is 12.8 Å². The van der Waals surface area contributed by atoms with E-state index in [-0.39, 0.29) is 74.8 Å². The zero-order valence-corrected chi connectivity index (χ0v) is 28.9. The van der Waals surface area contributed by atoms with Gasteiger partial charge in [0.2, 0.25) is 18.0 Å². The van der Waals surface area contributed by atoms with Crippen LogP contribution in [-0.2, 0) is 47.1 Å². The van der Waals surface area contributed by atoms with E-state index < -0.39 is 69.4 Å². The van der Waals surface area contributed by atoms with E-state index in [0.717, 1.165) is 0 Å². The first-order valence-electron chi connectivity index (χ1n) is 16.1. The molecule has 8 atom stereocenters. The predicted octanol–water partition coefficient (Wildman–Crippen LogP) is -3.13. The maximum Gasteiger partial charge on any atom is 0.524 e. The first-order valence-corrected chi connectivity index (χ1v) is 17.6. The average Bonchev–Trinajstić information content (AvgIpc) is 3.66. The summed E-state index contributed by atoms with van der Waals surface area (Å²) in [6.07, 6.45) is -4.59. The van der Waals surface area contributed by atoms with Crippen molar-refractivity contribution in [3.05, 3.63) is 24.7 Å². The lowest BCUT2D eigenvalue weighted by atomic mass is 9.97. The number of aliphatic hydroxyl groups is 4. The van der Waals surface area contributed by atoms with Gasteiger partial charge in [0, 0.05) is 26.5 Å². The van der Waals surface area contributed by atoms with Gasteiger partial charge in [-0.1, -0.05) is 0 Å². The average molecular weight is 766 g/mol. The maximum absolute atomic E-state index is 12.2. The minimum absolute atomic E-state index is 0.0760. The van der Waals surface area contributed by atoms with Gasteiger partial charge in [-0.2, -0.15) is 0 Å². The fourth-order valence-corrected chi connectivity index (χ4v) is 5.45. The fourth-order valence-electron chi connectivity index (χ4n) is 5.21. The minimum Gasteiger partial charge on any atom is -0.465 e. The summed E-state index contributed by atoms with van der Waals surface area (Å²) in [4.78, 5) is 53.9. The molecule has 292 valence electrons. The maximum atomic E-state index is 12.2. The first kappa shape index (κ1) is 41.2. The molecule has 10 N–H and O–H groups in total. The lowest BCUT2D eigenvalue weighted by Crippen LogP contribution is -2.64. The second kappa shape index (κ2) is 19.5. The van der Waals surface area contributed by atoms with Crippen molar-refractivity contribution < 1.29 is 77.3 Å². The molecule has 2 aliphatic heterocycles. The number of aromatic nitrogens is 4. The Kier molecular flexibility index (Phi) is 15.4. The van der Waals surface area contributed by atoms with Crippen molar-refractivity contribution in [1.82, 2.24) is 30.2 Å². The van der Waals surface area contributed by atoms with Crippen molar-refractivity contribution in [1.29, 1.82) is 0 Å². The molecule has 52 heavy (non-hydrogen) atoms. The Balaban J connectivity index is 1.10. The fraction of sp³-hybridized carbons (Fsp3) is 0.679. The summed E-state index contributed by atoms with van der Waals surface area (Å²) in [5.41, 5.74) is 6.35. The number of nitrogens with one attached hydrogen (secondary N) is 2. The Bertz CT molecular complexity index is 1540. The molecule has 2 aromatic rings. The van der Waals surface area contributed by atoms with E-state index in [2.05, 4.69) is 30.1 Å². The normalized spacial score (nSPS) is 27.1. The van der Waals surface area contributed by atoms with Gasteiger partial charge in [0.1, 0.15) is 67.8 Å². The number of aliphatic hydroxyl groups excluding tert-OH is 4. The molecule has 2 amide bonds. The Morgan fingerprint density at radius 2 is 1.83 bits per heavy atom. The lowest BCUT2D eigenvalue weighted by Gasteiger charge is -2.42. The Hall–Kier alpha value is -3.58. The van der Waals surface area contributed by atoms with Gasteiger partial charge in [0.05, 0.1) is 26.4 Å². The highest BCUT2D eigenvalue weighted by atomic mass is 31.2. The van der Waals surface area contributed by atoms with E-state index in [0.29, 0.717) is 19.1 Å². The number of imidazole rings is 1. The third kappa shape index (κ3) is 11.5. The number of unbranched alkanes of at least 4 members (excludes halogenated alkanes) is 1. The number of phosphoric ester groups is 1. The third-order valence-corrected chi connectivity index (χ3v) is 8.10. The van der Waals surface area contributed by atoms with Crippen molar-refractivity contribution in [2.45, 2.75) is 75.3 Å². The highest BCUT2D eigenvalue weighted by Gasteiger charge is 2.46. The SMILES string of the molecule is CC(=O)N[C@H]1[C@H](OCCCCC(=O)NCCOCCOCO[C@@H]2[C@H](O)/C(=C/OP(=O)(O)O)O[C@H]2n2cnc3c(N)ncnc32)O[C@H](CO)[C@H](O)[C@@H]1O. The molecule has 0 spiro atoms. The van der Waals surface area contributed by atoms with Gasteiger partial charge in [0.15, 0.2) is 23.5 Å². The highest BCUT2D eigenvalue weighted by Crippen LogP contribution is 2.40. The molecule has 24 heteroatoms. The van der Waals surface area contributed by atoms with Gasteiger partial charge >= 0.3 is 7.82 Å². The number of phosphoric acid groups is 1. The standard InChI is InChI=1S/C28H44N7O16P/c1-15(37)34-19-23(41)21(39)16(10-36)51-28(19)47-6-3-2-4-18(38)30-5-7-45-8-9-46-14-48-24-22(40)17(11-49-52(42,43)44)50-27(24)35-13-33-20-25(29)31-12-32-26(20)35/h11-13,16,19,21-24,27-28,36,39-41H,2-10,14H2,1H3,(H,30,38)(H,34,37)(H2,29,31,32)(H2,42,43,44)/b17-11-/t16-,19-,21+,22-,23-,24-,27-,28-/m1/s1. The number of carbonyl (C=O) groups excluding carboxylic acids is 2. The lowest BCUT2D eigenvalue weighted by molar-refractivity contribution is -0.270. The van der Waals surface area contributed by atoms with E-state index in [1.54, 1.807) is 0 Å². The second-order valence-electron chi connectivity index (χ2n) is 11.5. The number of anilines is 1. The van der Waals surface area contributed by atoms with Crippen LogP contribution >= 0.6 is 7.82 Å². The van der Waals surface area contributed by atoms with Crippen LogP contribution < -0.4 is 16.4 Å². The summed E-state index contributed by atoms with van der Waals surface area (Å²) in [5, 5.41) is 45.8. The molecule has 2 aliphatic rings. The predicted molar refractivity (Wildman–Crippen MR) is 172 cm³/mol. The molecule has 2 saturated heterocycles. The van der Waals surface area contributed by atoms with Crippen LogP contribution in [0.15, 0.2) is 24.7 Å².